The first-order valence-electron chi connectivity index (χ1n) is 4.83. The minimum absolute atomic E-state index is 0.0242. The summed E-state index contributed by atoms with van der Waals surface area (Å²) in [5, 5.41) is 2.61. The SMILES string of the molecule is CC(C)(CN)C(=O)Nc1ccc(Cl)c(F)c1. The van der Waals surface area contributed by atoms with Gasteiger partial charge < -0.3 is 11.1 Å². The van der Waals surface area contributed by atoms with Crippen molar-refractivity contribution in [1.29, 1.82) is 0 Å². The lowest BCUT2D eigenvalue weighted by molar-refractivity contribution is -0.123. The highest BCUT2D eigenvalue weighted by Gasteiger charge is 2.25. The highest BCUT2D eigenvalue weighted by atomic mass is 35.5. The van der Waals surface area contributed by atoms with E-state index < -0.39 is 11.2 Å². The van der Waals surface area contributed by atoms with Crippen LogP contribution in [0.1, 0.15) is 13.8 Å². The number of rotatable bonds is 3. The summed E-state index contributed by atoms with van der Waals surface area (Å²) in [4.78, 5) is 11.7. The molecule has 3 N–H and O–H groups in total. The zero-order chi connectivity index (χ0) is 12.3. The first kappa shape index (κ1) is 12.9. The molecule has 1 aromatic carbocycles. The number of nitrogens with one attached hydrogen (secondary N) is 1. The molecule has 0 heterocycles. The second kappa shape index (κ2) is 4.80. The van der Waals surface area contributed by atoms with Gasteiger partial charge in [0.15, 0.2) is 0 Å². The van der Waals surface area contributed by atoms with Gasteiger partial charge in [-0.25, -0.2) is 4.39 Å². The molecule has 0 bridgehead atoms. The number of halogens is 2. The van der Waals surface area contributed by atoms with E-state index in [0.717, 1.165) is 0 Å². The molecule has 0 fully saturated rings. The maximum absolute atomic E-state index is 13.1. The maximum Gasteiger partial charge on any atom is 0.231 e. The molecule has 0 aromatic heterocycles. The van der Waals surface area contributed by atoms with E-state index in [1.54, 1.807) is 13.8 Å². The monoisotopic (exact) mass is 244 g/mol. The van der Waals surface area contributed by atoms with Crippen LogP contribution in [0.3, 0.4) is 0 Å². The fourth-order valence-electron chi connectivity index (χ4n) is 0.967. The van der Waals surface area contributed by atoms with Crippen molar-refractivity contribution >= 4 is 23.2 Å². The van der Waals surface area contributed by atoms with Gasteiger partial charge in [0, 0.05) is 12.2 Å². The first-order chi connectivity index (χ1) is 7.36. The third-order valence-electron chi connectivity index (χ3n) is 2.30. The zero-order valence-electron chi connectivity index (χ0n) is 9.18. The highest BCUT2D eigenvalue weighted by molar-refractivity contribution is 6.30. The second-order valence-corrected chi connectivity index (χ2v) is 4.58. The molecular formula is C11H14ClFN2O. The minimum atomic E-state index is -0.684. The molecule has 88 valence electrons. The van der Waals surface area contributed by atoms with Crippen LogP contribution in [0.15, 0.2) is 18.2 Å². The average molecular weight is 245 g/mol. The lowest BCUT2D eigenvalue weighted by Crippen LogP contribution is -2.37. The van der Waals surface area contributed by atoms with Gasteiger partial charge in [-0.15, -0.1) is 0 Å². The van der Waals surface area contributed by atoms with Gasteiger partial charge in [0.05, 0.1) is 10.4 Å². The van der Waals surface area contributed by atoms with Crippen LogP contribution in [-0.4, -0.2) is 12.5 Å². The van der Waals surface area contributed by atoms with Crippen LogP contribution in [0.4, 0.5) is 10.1 Å². The zero-order valence-corrected chi connectivity index (χ0v) is 9.94. The first-order valence-corrected chi connectivity index (χ1v) is 5.21. The molecule has 0 spiro atoms. The van der Waals surface area contributed by atoms with Crippen molar-refractivity contribution in [3.63, 3.8) is 0 Å². The Bertz CT molecular complexity index is 407. The Balaban J connectivity index is 2.82. The normalized spacial score (nSPS) is 11.3. The molecule has 0 aliphatic carbocycles. The summed E-state index contributed by atoms with van der Waals surface area (Å²) in [6.45, 7) is 3.65. The lowest BCUT2D eigenvalue weighted by Gasteiger charge is -2.21. The molecule has 3 nitrogen and oxygen atoms in total. The molecule has 1 aromatic rings. The molecule has 16 heavy (non-hydrogen) atoms. The molecule has 5 heteroatoms. The van der Waals surface area contributed by atoms with Gasteiger partial charge in [-0.3, -0.25) is 4.79 Å². The molecule has 1 rings (SSSR count). The number of hydrogen-bond donors (Lipinski definition) is 2. The molecule has 0 aliphatic heterocycles. The molecular weight excluding hydrogens is 231 g/mol. The number of carbonyl (C=O) groups is 1. The van der Waals surface area contributed by atoms with E-state index >= 15 is 0 Å². The fraction of sp³-hybridized carbons (Fsp3) is 0.364. The number of hydrogen-bond acceptors (Lipinski definition) is 2. The van der Waals surface area contributed by atoms with Crippen molar-refractivity contribution in [1.82, 2.24) is 0 Å². The van der Waals surface area contributed by atoms with Gasteiger partial charge in [-0.05, 0) is 32.0 Å². The Labute approximate surface area is 98.8 Å². The summed E-state index contributed by atoms with van der Waals surface area (Å²) < 4.78 is 13.1. The van der Waals surface area contributed by atoms with E-state index in [4.69, 9.17) is 17.3 Å². The number of anilines is 1. The Morgan fingerprint density at radius 3 is 2.69 bits per heavy atom. The predicted octanol–water partition coefficient (Wildman–Crippen LogP) is 2.40. The largest absolute Gasteiger partial charge is 0.329 e. The van der Waals surface area contributed by atoms with Crippen LogP contribution >= 0.6 is 11.6 Å². The van der Waals surface area contributed by atoms with Crippen LogP contribution in [0.25, 0.3) is 0 Å². The Kier molecular flexibility index (Phi) is 3.88. The molecule has 0 saturated heterocycles. The fourth-order valence-corrected chi connectivity index (χ4v) is 1.08. The molecule has 0 saturated carbocycles. The Morgan fingerprint density at radius 1 is 1.56 bits per heavy atom. The van der Waals surface area contributed by atoms with Gasteiger partial charge in [-0.2, -0.15) is 0 Å². The summed E-state index contributed by atoms with van der Waals surface area (Å²) in [5.74, 6) is -0.818. The van der Waals surface area contributed by atoms with E-state index in [9.17, 15) is 9.18 Å². The van der Waals surface area contributed by atoms with Crippen LogP contribution < -0.4 is 11.1 Å². The standard InChI is InChI=1S/C11H14ClFN2O/c1-11(2,6-14)10(16)15-7-3-4-8(12)9(13)5-7/h3-5H,6,14H2,1-2H3,(H,15,16). The number of nitrogens with two attached hydrogens (primary N) is 1. The molecule has 0 unspecified atom stereocenters. The van der Waals surface area contributed by atoms with Crippen molar-refractivity contribution in [2.75, 3.05) is 11.9 Å². The molecule has 0 aliphatic rings. The number of benzene rings is 1. The van der Waals surface area contributed by atoms with Gasteiger partial charge >= 0.3 is 0 Å². The summed E-state index contributed by atoms with van der Waals surface area (Å²) in [6.07, 6.45) is 0. The van der Waals surface area contributed by atoms with E-state index in [0.29, 0.717) is 5.69 Å². The van der Waals surface area contributed by atoms with Gasteiger partial charge in [0.2, 0.25) is 5.91 Å². The van der Waals surface area contributed by atoms with Crippen molar-refractivity contribution in [3.8, 4) is 0 Å². The average Bonchev–Trinajstić information content (AvgIpc) is 2.23. The van der Waals surface area contributed by atoms with Crippen LogP contribution in [-0.2, 0) is 4.79 Å². The topological polar surface area (TPSA) is 55.1 Å². The van der Waals surface area contributed by atoms with Crippen LogP contribution in [0.2, 0.25) is 5.02 Å². The Hall–Kier alpha value is -1.13. The minimum Gasteiger partial charge on any atom is -0.329 e. The van der Waals surface area contributed by atoms with Crippen molar-refractivity contribution in [2.45, 2.75) is 13.8 Å². The second-order valence-electron chi connectivity index (χ2n) is 4.17. The Morgan fingerprint density at radius 2 is 2.19 bits per heavy atom. The quantitative estimate of drug-likeness (QED) is 0.858. The third kappa shape index (κ3) is 2.93. The molecule has 0 atom stereocenters. The molecule has 1 amide bonds. The van der Waals surface area contributed by atoms with Crippen molar-refractivity contribution in [3.05, 3.63) is 29.0 Å². The van der Waals surface area contributed by atoms with Crippen LogP contribution in [0.5, 0.6) is 0 Å². The van der Waals surface area contributed by atoms with Crippen LogP contribution in [0, 0.1) is 11.2 Å². The van der Waals surface area contributed by atoms with E-state index in [2.05, 4.69) is 5.32 Å². The third-order valence-corrected chi connectivity index (χ3v) is 2.61. The van der Waals surface area contributed by atoms with E-state index in [1.807, 2.05) is 0 Å². The predicted molar refractivity (Wildman–Crippen MR) is 62.9 cm³/mol. The number of carbonyl (C=O) groups excluding carboxylic acids is 1. The van der Waals surface area contributed by atoms with Crippen molar-refractivity contribution < 1.29 is 9.18 Å². The summed E-state index contributed by atoms with van der Waals surface area (Å²) in [7, 11) is 0. The summed E-state index contributed by atoms with van der Waals surface area (Å²) in [6, 6.07) is 4.10. The lowest BCUT2D eigenvalue weighted by atomic mass is 9.92. The van der Waals surface area contributed by atoms with E-state index in [-0.39, 0.29) is 17.5 Å². The van der Waals surface area contributed by atoms with Crippen molar-refractivity contribution in [2.24, 2.45) is 11.1 Å². The van der Waals surface area contributed by atoms with E-state index in [1.165, 1.54) is 18.2 Å². The van der Waals surface area contributed by atoms with Gasteiger partial charge in [0.1, 0.15) is 5.82 Å². The highest BCUT2D eigenvalue weighted by Crippen LogP contribution is 2.21. The smallest absolute Gasteiger partial charge is 0.231 e. The van der Waals surface area contributed by atoms with Gasteiger partial charge in [0.25, 0.3) is 0 Å². The molecule has 0 radical (unpaired) electrons. The maximum atomic E-state index is 13.1. The summed E-state index contributed by atoms with van der Waals surface area (Å²) in [5.41, 5.74) is 5.14. The van der Waals surface area contributed by atoms with Gasteiger partial charge in [-0.1, -0.05) is 11.6 Å². The number of amides is 1. The summed E-state index contributed by atoms with van der Waals surface area (Å²) >= 11 is 5.53.